The van der Waals surface area contributed by atoms with Gasteiger partial charge in [-0.1, -0.05) is 0 Å². The van der Waals surface area contributed by atoms with E-state index in [4.69, 9.17) is 4.74 Å². The summed E-state index contributed by atoms with van der Waals surface area (Å²) in [4.78, 5) is 39.3. The number of benzene rings is 1. The summed E-state index contributed by atoms with van der Waals surface area (Å²) in [6.07, 6.45) is 1.54. The number of H-pyrrole nitrogens is 2. The van der Waals surface area contributed by atoms with Crippen molar-refractivity contribution in [1.29, 1.82) is 0 Å². The summed E-state index contributed by atoms with van der Waals surface area (Å²) in [5.74, 6) is -0.171. The van der Waals surface area contributed by atoms with Crippen LogP contribution in [0.15, 0.2) is 31.3 Å². The number of aromatic nitrogens is 2. The fourth-order valence-corrected chi connectivity index (χ4v) is 2.65. The Morgan fingerprint density at radius 2 is 2.12 bits per heavy atom. The summed E-state index contributed by atoms with van der Waals surface area (Å²) in [5.41, 5.74) is 2.54. The topological polar surface area (TPSA) is 137 Å². The molecule has 1 heterocycles. The number of nitrogens with zero attached hydrogens (tertiary/aromatic N) is 1. The van der Waals surface area contributed by atoms with Crippen LogP contribution in [0, 0.1) is 6.92 Å². The van der Waals surface area contributed by atoms with Gasteiger partial charge in [0.1, 0.15) is 0 Å². The number of hydrogen-bond donors (Lipinski definition) is 4. The lowest BCUT2D eigenvalue weighted by atomic mass is 10.1. The Bertz CT molecular complexity index is 964. The van der Waals surface area contributed by atoms with E-state index in [-0.39, 0.29) is 18.6 Å². The van der Waals surface area contributed by atoms with Crippen LogP contribution in [0.4, 0.5) is 0 Å². The van der Waals surface area contributed by atoms with Crippen molar-refractivity contribution < 1.29 is 14.6 Å². The molecule has 10 heteroatoms. The maximum Gasteiger partial charge on any atom is 0.325 e. The first-order valence-corrected chi connectivity index (χ1v) is 8.32. The summed E-state index contributed by atoms with van der Waals surface area (Å²) in [6, 6.07) is 3.22. The number of nitrogens with one attached hydrogen (secondary N) is 3. The fourth-order valence-electron chi connectivity index (χ4n) is 2.22. The van der Waals surface area contributed by atoms with Gasteiger partial charge in [0.05, 0.1) is 17.8 Å². The average molecular weight is 425 g/mol. The second-order valence-electron chi connectivity index (χ2n) is 5.32. The van der Waals surface area contributed by atoms with E-state index in [1.165, 1.54) is 13.3 Å². The number of rotatable bonds is 6. The van der Waals surface area contributed by atoms with Crippen molar-refractivity contribution in [2.45, 2.75) is 19.8 Å². The van der Waals surface area contributed by atoms with Gasteiger partial charge < -0.3 is 14.8 Å². The van der Waals surface area contributed by atoms with E-state index in [1.807, 2.05) is 0 Å². The Kier molecular flexibility index (Phi) is 6.34. The predicted octanol–water partition coefficient (Wildman–Crippen LogP) is 0.931. The number of aromatic amines is 2. The van der Waals surface area contributed by atoms with Crippen LogP contribution in [0.25, 0.3) is 0 Å². The average Bonchev–Trinajstić information content (AvgIpc) is 2.58. The molecule has 0 fully saturated rings. The molecular formula is C16H17BrN4O5. The number of carbonyl (C=O) groups excluding carboxylic acids is 1. The number of amides is 1. The van der Waals surface area contributed by atoms with Crippen molar-refractivity contribution in [2.24, 2.45) is 5.10 Å². The zero-order chi connectivity index (χ0) is 19.3. The van der Waals surface area contributed by atoms with Gasteiger partial charge in [0, 0.05) is 23.2 Å². The van der Waals surface area contributed by atoms with Crippen LogP contribution in [0.3, 0.4) is 0 Å². The van der Waals surface area contributed by atoms with E-state index >= 15 is 0 Å². The van der Waals surface area contributed by atoms with Gasteiger partial charge in [-0.25, -0.2) is 10.2 Å². The molecule has 4 N–H and O–H groups in total. The zero-order valence-electron chi connectivity index (χ0n) is 14.1. The number of aromatic hydroxyl groups is 1. The zero-order valence-corrected chi connectivity index (χ0v) is 15.6. The molecule has 138 valence electrons. The van der Waals surface area contributed by atoms with Crippen molar-refractivity contribution in [3.8, 4) is 11.5 Å². The lowest BCUT2D eigenvalue weighted by Crippen LogP contribution is -2.28. The molecule has 26 heavy (non-hydrogen) atoms. The highest BCUT2D eigenvalue weighted by Gasteiger charge is 2.10. The lowest BCUT2D eigenvalue weighted by Gasteiger charge is -2.07. The minimum atomic E-state index is -0.585. The van der Waals surface area contributed by atoms with Gasteiger partial charge in [-0.3, -0.25) is 14.6 Å². The monoisotopic (exact) mass is 424 g/mol. The van der Waals surface area contributed by atoms with Crippen molar-refractivity contribution in [3.05, 3.63) is 54.3 Å². The Morgan fingerprint density at radius 1 is 1.38 bits per heavy atom. The Morgan fingerprint density at radius 3 is 2.77 bits per heavy atom. The number of carbonyl (C=O) groups is 1. The van der Waals surface area contributed by atoms with E-state index in [0.717, 1.165) is 0 Å². The molecule has 2 rings (SSSR count). The highest BCUT2D eigenvalue weighted by Crippen LogP contribution is 2.35. The molecule has 1 aromatic carbocycles. The Balaban J connectivity index is 1.97. The van der Waals surface area contributed by atoms with Gasteiger partial charge >= 0.3 is 5.69 Å². The highest BCUT2D eigenvalue weighted by molar-refractivity contribution is 9.10. The van der Waals surface area contributed by atoms with Crippen molar-refractivity contribution in [1.82, 2.24) is 15.4 Å². The van der Waals surface area contributed by atoms with E-state index in [0.29, 0.717) is 27.0 Å². The molecule has 0 aliphatic heterocycles. The molecule has 0 atom stereocenters. The third-order valence-corrected chi connectivity index (χ3v) is 4.41. The molecule has 0 saturated heterocycles. The van der Waals surface area contributed by atoms with E-state index in [1.54, 1.807) is 19.1 Å². The van der Waals surface area contributed by atoms with Gasteiger partial charge in [-0.15, -0.1) is 0 Å². The number of halogens is 1. The van der Waals surface area contributed by atoms with E-state index < -0.39 is 17.2 Å². The van der Waals surface area contributed by atoms with Crippen LogP contribution in [-0.4, -0.2) is 34.3 Å². The fraction of sp³-hybridized carbons (Fsp3) is 0.250. The number of phenolic OH excluding ortho intramolecular Hbond substituents is 1. The standard InChI is InChI=1S/C16H17BrN4O5/c1-8-10(15(24)20-16(25)19-8)4-6-12(22)21-18-7-9-3-5-11(26-2)14(23)13(9)17/h3,5,7,23H,4,6H2,1-2H3,(H,21,22)(H2,19,20,24,25)/b18-7+. The maximum absolute atomic E-state index is 11.9. The van der Waals surface area contributed by atoms with Crippen LogP contribution < -0.4 is 21.4 Å². The minimum Gasteiger partial charge on any atom is -0.503 e. The van der Waals surface area contributed by atoms with Crippen LogP contribution >= 0.6 is 15.9 Å². The summed E-state index contributed by atoms with van der Waals surface area (Å²) in [5, 5.41) is 13.7. The number of phenols is 1. The quantitative estimate of drug-likeness (QED) is 0.403. The summed E-state index contributed by atoms with van der Waals surface area (Å²) < 4.78 is 5.36. The number of aryl methyl sites for hydroxylation is 1. The van der Waals surface area contributed by atoms with Gasteiger partial charge in [0.2, 0.25) is 5.91 Å². The molecule has 0 bridgehead atoms. The second kappa shape index (κ2) is 8.48. The lowest BCUT2D eigenvalue weighted by molar-refractivity contribution is -0.121. The maximum atomic E-state index is 11.9. The number of hydrazone groups is 1. The van der Waals surface area contributed by atoms with Crippen molar-refractivity contribution >= 4 is 28.1 Å². The van der Waals surface area contributed by atoms with Crippen molar-refractivity contribution in [2.75, 3.05) is 7.11 Å². The molecule has 0 aliphatic carbocycles. The van der Waals surface area contributed by atoms with Gasteiger partial charge in [0.25, 0.3) is 5.56 Å². The number of hydrogen-bond acceptors (Lipinski definition) is 6. The summed E-state index contributed by atoms with van der Waals surface area (Å²) in [7, 11) is 1.44. The van der Waals surface area contributed by atoms with Crippen LogP contribution in [0.2, 0.25) is 0 Å². The first kappa shape index (κ1) is 19.4. The van der Waals surface area contributed by atoms with Crippen LogP contribution in [0.5, 0.6) is 11.5 Å². The first-order chi connectivity index (χ1) is 12.3. The summed E-state index contributed by atoms with van der Waals surface area (Å²) >= 11 is 3.22. The molecule has 9 nitrogen and oxygen atoms in total. The first-order valence-electron chi connectivity index (χ1n) is 7.53. The highest BCUT2D eigenvalue weighted by atomic mass is 79.9. The minimum absolute atomic E-state index is 0.0162. The van der Waals surface area contributed by atoms with Crippen molar-refractivity contribution in [3.63, 3.8) is 0 Å². The van der Waals surface area contributed by atoms with Gasteiger partial charge in [-0.05, 0) is 41.4 Å². The predicted molar refractivity (Wildman–Crippen MR) is 98.8 cm³/mol. The summed E-state index contributed by atoms with van der Waals surface area (Å²) in [6.45, 7) is 1.59. The van der Waals surface area contributed by atoms with Crippen LogP contribution in [-0.2, 0) is 11.2 Å². The molecule has 0 unspecified atom stereocenters. The van der Waals surface area contributed by atoms with E-state index in [2.05, 4.69) is 36.4 Å². The van der Waals surface area contributed by atoms with Gasteiger partial charge in [0.15, 0.2) is 11.5 Å². The molecule has 1 aromatic heterocycles. The largest absolute Gasteiger partial charge is 0.503 e. The third kappa shape index (κ3) is 4.60. The molecule has 0 saturated carbocycles. The normalized spacial score (nSPS) is 10.9. The SMILES string of the molecule is COc1ccc(/C=N/NC(=O)CCc2c(C)[nH]c(=O)[nH]c2=O)c(Br)c1O. The smallest absolute Gasteiger partial charge is 0.325 e. The second-order valence-corrected chi connectivity index (χ2v) is 6.12. The molecule has 0 aliphatic rings. The Labute approximate surface area is 156 Å². The molecule has 0 radical (unpaired) electrons. The Hall–Kier alpha value is -2.88. The van der Waals surface area contributed by atoms with Crippen LogP contribution in [0.1, 0.15) is 23.2 Å². The molecule has 0 spiro atoms. The molecule has 2 aromatic rings. The number of methoxy groups -OCH3 is 1. The molecule has 1 amide bonds. The molecular weight excluding hydrogens is 408 g/mol. The van der Waals surface area contributed by atoms with E-state index in [9.17, 15) is 19.5 Å². The third-order valence-electron chi connectivity index (χ3n) is 3.58. The number of ether oxygens (including phenoxy) is 1. The van der Waals surface area contributed by atoms with Gasteiger partial charge in [-0.2, -0.15) is 5.10 Å².